The Balaban J connectivity index is 0.870. The van der Waals surface area contributed by atoms with E-state index >= 15 is 0 Å². The zero-order valence-corrected chi connectivity index (χ0v) is 32.8. The van der Waals surface area contributed by atoms with E-state index in [9.17, 15) is 33.9 Å². The van der Waals surface area contributed by atoms with Crippen molar-refractivity contribution >= 4 is 51.3 Å². The Kier molecular flexibility index (Phi) is 10.7. The highest BCUT2D eigenvalue weighted by atomic mass is 16.6. The number of aromatic nitrogens is 2. The maximum absolute atomic E-state index is 13.7. The summed E-state index contributed by atoms with van der Waals surface area (Å²) >= 11 is 0. The normalized spacial score (nSPS) is 16.7. The van der Waals surface area contributed by atoms with Gasteiger partial charge in [-0.2, -0.15) is 0 Å². The number of pyridine rings is 2. The number of carbonyl (C=O) groups excluding carboxylic acids is 5. The van der Waals surface area contributed by atoms with Gasteiger partial charge in [0.15, 0.2) is 5.60 Å². The van der Waals surface area contributed by atoms with Crippen LogP contribution in [0.4, 0.5) is 0 Å². The van der Waals surface area contributed by atoms with Gasteiger partial charge in [-0.3, -0.25) is 28.9 Å². The molecule has 0 radical (unpaired) electrons. The highest BCUT2D eigenvalue weighted by Crippen LogP contribution is 2.41. The molecule has 0 saturated heterocycles. The Labute approximate surface area is 338 Å². The second-order valence-electron chi connectivity index (χ2n) is 15.1. The fourth-order valence-electron chi connectivity index (χ4n) is 8.11. The number of carbonyl (C=O) groups is 5. The van der Waals surface area contributed by atoms with Crippen LogP contribution in [-0.2, 0) is 58.8 Å². The van der Waals surface area contributed by atoms with Gasteiger partial charge in [-0.25, -0.2) is 9.78 Å². The average molecular weight is 798 g/mol. The van der Waals surface area contributed by atoms with Crippen molar-refractivity contribution in [2.24, 2.45) is 0 Å². The van der Waals surface area contributed by atoms with Crippen molar-refractivity contribution < 1.29 is 38.6 Å². The van der Waals surface area contributed by atoms with Crippen LogP contribution in [0.2, 0.25) is 0 Å². The van der Waals surface area contributed by atoms with Crippen LogP contribution in [0.15, 0.2) is 77.6 Å². The van der Waals surface area contributed by atoms with Crippen molar-refractivity contribution in [1.29, 1.82) is 0 Å². The van der Waals surface area contributed by atoms with E-state index in [0.717, 1.165) is 49.5 Å². The number of aliphatic hydroxyl groups is 1. The largest absolute Gasteiger partial charge is 0.458 e. The minimum absolute atomic E-state index is 0.0226. The standard InChI is InChI=1S/C45H43N5O9/c1-3-45(57)34-20-36-42-32(22-50(36)43(55)33(34)24-59-44(45)56)26(2)41-31-19-30(13-12-29(31)14-15-35(41)48-42)28-10-8-27(9-11-28)23-58-25-47-38(52)21-46-37(51)7-5-4-6-18-49-39(53)16-17-40(49)54/h8-17,19-20,57H,3-7,18,21-25H2,1-2H3,(H,46,51)(H,47,52)/t45-/m0/s1. The number of nitrogens with one attached hydrogen (secondary N) is 2. The summed E-state index contributed by atoms with van der Waals surface area (Å²) in [6.07, 6.45) is 4.67. The van der Waals surface area contributed by atoms with Crippen LogP contribution in [-0.4, -0.2) is 69.0 Å². The number of esters is 1. The first-order valence-corrected chi connectivity index (χ1v) is 19.7. The molecule has 0 saturated carbocycles. The Morgan fingerprint density at radius 2 is 1.64 bits per heavy atom. The molecule has 302 valence electrons. The third-order valence-corrected chi connectivity index (χ3v) is 11.5. The van der Waals surface area contributed by atoms with Gasteiger partial charge in [0.1, 0.15) is 13.3 Å². The molecule has 14 heteroatoms. The maximum atomic E-state index is 13.7. The number of fused-ring (bicyclic) bond motifs is 7. The minimum Gasteiger partial charge on any atom is -0.458 e. The first-order chi connectivity index (χ1) is 28.5. The Morgan fingerprint density at radius 3 is 2.41 bits per heavy atom. The Hall–Kier alpha value is -6.51. The number of unbranched alkanes of at least 4 members (excludes halogenated alkanes) is 2. The summed E-state index contributed by atoms with van der Waals surface area (Å²) in [5.41, 5.74) is 5.26. The molecule has 3 N–H and O–H groups in total. The zero-order valence-electron chi connectivity index (χ0n) is 32.8. The summed E-state index contributed by atoms with van der Waals surface area (Å²) in [4.78, 5) is 80.1. The molecular weight excluding hydrogens is 755 g/mol. The van der Waals surface area contributed by atoms with E-state index in [-0.39, 0.29) is 68.5 Å². The average Bonchev–Trinajstić information content (AvgIpc) is 3.78. The predicted molar refractivity (Wildman–Crippen MR) is 217 cm³/mol. The van der Waals surface area contributed by atoms with Gasteiger partial charge in [0, 0.05) is 41.6 Å². The van der Waals surface area contributed by atoms with Crippen molar-refractivity contribution in [2.75, 3.05) is 19.8 Å². The van der Waals surface area contributed by atoms with Crippen molar-refractivity contribution in [3.63, 3.8) is 0 Å². The summed E-state index contributed by atoms with van der Waals surface area (Å²) in [5, 5.41) is 19.5. The van der Waals surface area contributed by atoms with Crippen LogP contribution in [0.25, 0.3) is 44.2 Å². The van der Waals surface area contributed by atoms with E-state index in [1.54, 1.807) is 17.6 Å². The summed E-state index contributed by atoms with van der Waals surface area (Å²) in [6.45, 7) is 4.27. The van der Waals surface area contributed by atoms with Crippen molar-refractivity contribution in [1.82, 2.24) is 25.1 Å². The molecule has 14 nitrogen and oxygen atoms in total. The van der Waals surface area contributed by atoms with Gasteiger partial charge in [0.2, 0.25) is 11.8 Å². The lowest BCUT2D eigenvalue weighted by molar-refractivity contribution is -0.172. The molecule has 1 atom stereocenters. The number of hydrogen-bond donors (Lipinski definition) is 3. The highest BCUT2D eigenvalue weighted by Gasteiger charge is 2.45. The summed E-state index contributed by atoms with van der Waals surface area (Å²) < 4.78 is 12.5. The predicted octanol–water partition coefficient (Wildman–Crippen LogP) is 4.40. The van der Waals surface area contributed by atoms with Crippen LogP contribution < -0.4 is 16.2 Å². The van der Waals surface area contributed by atoms with Crippen molar-refractivity contribution in [3.05, 3.63) is 111 Å². The molecule has 0 spiro atoms. The third kappa shape index (κ3) is 7.41. The summed E-state index contributed by atoms with van der Waals surface area (Å²) in [5.74, 6) is -2.00. The van der Waals surface area contributed by atoms with Gasteiger partial charge < -0.3 is 29.8 Å². The SMILES string of the molecule is CC[C@@]1(O)C(=O)OCc2c1cc1n(c2=O)Cc2c-1nc1ccc3ccc(-c4ccc(COCNC(=O)CNC(=O)CCCCCN5C(=O)C=CC5=O)cc4)cc3c1c2C. The molecule has 0 unspecified atom stereocenters. The van der Waals surface area contributed by atoms with Crippen molar-refractivity contribution in [2.45, 2.75) is 71.3 Å². The fourth-order valence-corrected chi connectivity index (χ4v) is 8.11. The van der Waals surface area contributed by atoms with Crippen LogP contribution in [0.5, 0.6) is 0 Å². The molecule has 2 aromatic heterocycles. The molecule has 5 heterocycles. The number of imide groups is 1. The van der Waals surface area contributed by atoms with Crippen LogP contribution in [0, 0.1) is 6.92 Å². The van der Waals surface area contributed by atoms with Crippen molar-refractivity contribution in [3.8, 4) is 22.5 Å². The summed E-state index contributed by atoms with van der Waals surface area (Å²) in [6, 6.07) is 20.0. The monoisotopic (exact) mass is 797 g/mol. The number of rotatable bonds is 14. The summed E-state index contributed by atoms with van der Waals surface area (Å²) in [7, 11) is 0. The molecule has 4 amide bonds. The van der Waals surface area contributed by atoms with Gasteiger partial charge in [-0.05, 0) is 77.4 Å². The zero-order chi connectivity index (χ0) is 41.4. The van der Waals surface area contributed by atoms with E-state index in [1.165, 1.54) is 17.1 Å². The number of nitrogens with zero attached hydrogens (tertiary/aromatic N) is 3. The van der Waals surface area contributed by atoms with Gasteiger partial charge in [0.25, 0.3) is 17.4 Å². The first-order valence-electron chi connectivity index (χ1n) is 19.7. The molecule has 0 bridgehead atoms. The molecular formula is C45H43N5O9. The number of benzene rings is 3. The Bertz CT molecular complexity index is 2650. The van der Waals surface area contributed by atoms with Gasteiger partial charge in [-0.15, -0.1) is 0 Å². The second kappa shape index (κ2) is 16.0. The molecule has 3 aliphatic heterocycles. The molecule has 3 aliphatic rings. The molecule has 5 aromatic rings. The van der Waals surface area contributed by atoms with E-state index < -0.39 is 11.6 Å². The number of hydrogen-bond acceptors (Lipinski definition) is 10. The van der Waals surface area contributed by atoms with Crippen LogP contribution in [0.1, 0.15) is 66.8 Å². The molecule has 8 rings (SSSR count). The smallest absolute Gasteiger partial charge is 0.343 e. The molecule has 0 fully saturated rings. The van der Waals surface area contributed by atoms with E-state index in [2.05, 4.69) is 28.8 Å². The molecule has 59 heavy (non-hydrogen) atoms. The number of cyclic esters (lactones) is 1. The lowest BCUT2D eigenvalue weighted by atomic mass is 9.86. The third-order valence-electron chi connectivity index (χ3n) is 11.5. The first kappa shape index (κ1) is 39.3. The maximum Gasteiger partial charge on any atom is 0.343 e. The van der Waals surface area contributed by atoms with E-state index in [0.29, 0.717) is 54.9 Å². The lowest BCUT2D eigenvalue weighted by Gasteiger charge is -2.31. The van der Waals surface area contributed by atoms with Gasteiger partial charge in [0.05, 0.1) is 42.2 Å². The Morgan fingerprint density at radius 1 is 0.898 bits per heavy atom. The van der Waals surface area contributed by atoms with Gasteiger partial charge in [-0.1, -0.05) is 55.8 Å². The molecule has 0 aliphatic carbocycles. The molecule has 3 aromatic carbocycles. The fraction of sp³-hybridized carbons (Fsp3) is 0.311. The minimum atomic E-state index is -1.89. The second-order valence-corrected chi connectivity index (χ2v) is 15.1. The quantitative estimate of drug-likeness (QED) is 0.0469. The van der Waals surface area contributed by atoms with Gasteiger partial charge >= 0.3 is 5.97 Å². The number of aryl methyl sites for hydroxylation is 1. The topological polar surface area (TPSA) is 186 Å². The number of amides is 4. The van der Waals surface area contributed by atoms with Crippen LogP contribution >= 0.6 is 0 Å². The highest BCUT2D eigenvalue weighted by molar-refractivity contribution is 6.13. The van der Waals surface area contributed by atoms with Crippen LogP contribution in [0.3, 0.4) is 0 Å². The number of ether oxygens (including phenoxy) is 2. The van der Waals surface area contributed by atoms with E-state index in [4.69, 9.17) is 14.5 Å². The lowest BCUT2D eigenvalue weighted by Crippen LogP contribution is -2.44. The van der Waals surface area contributed by atoms with E-state index in [1.807, 2.05) is 43.3 Å².